The van der Waals surface area contributed by atoms with E-state index in [1.165, 1.54) is 24.9 Å². The first-order valence-electron chi connectivity index (χ1n) is 6.95. The van der Waals surface area contributed by atoms with E-state index in [1.54, 1.807) is 31.4 Å². The molecule has 128 valence electrons. The second-order valence-electron chi connectivity index (χ2n) is 4.68. The number of rotatable bonds is 8. The lowest BCUT2D eigenvalue weighted by atomic mass is 10.2. The zero-order valence-electron chi connectivity index (χ0n) is 13.2. The van der Waals surface area contributed by atoms with Crippen LogP contribution in [0.3, 0.4) is 0 Å². The van der Waals surface area contributed by atoms with Crippen molar-refractivity contribution >= 4 is 29.3 Å². The normalized spacial score (nSPS) is 10.2. The van der Waals surface area contributed by atoms with Crippen LogP contribution in [0.2, 0.25) is 0 Å². The third kappa shape index (κ3) is 4.69. The van der Waals surface area contributed by atoms with E-state index >= 15 is 0 Å². The van der Waals surface area contributed by atoms with E-state index in [2.05, 4.69) is 5.32 Å². The van der Waals surface area contributed by atoms with Gasteiger partial charge in [0.2, 0.25) is 11.7 Å². The minimum absolute atomic E-state index is 0.113. The SMILES string of the molecule is COc1ccc(NC(=O)CSCc2ccc(C(=O)O)o2)c(OC)c1. The zero-order valence-corrected chi connectivity index (χ0v) is 14.0. The highest BCUT2D eigenvalue weighted by Gasteiger charge is 2.11. The Labute approximate surface area is 142 Å². The highest BCUT2D eigenvalue weighted by Crippen LogP contribution is 2.29. The molecule has 0 unspecified atom stereocenters. The maximum atomic E-state index is 12.0. The van der Waals surface area contributed by atoms with Crippen molar-refractivity contribution in [3.8, 4) is 11.5 Å². The van der Waals surface area contributed by atoms with Crippen LogP contribution >= 0.6 is 11.8 Å². The van der Waals surface area contributed by atoms with Crippen LogP contribution in [0.1, 0.15) is 16.3 Å². The van der Waals surface area contributed by atoms with Gasteiger partial charge >= 0.3 is 5.97 Å². The van der Waals surface area contributed by atoms with Crippen LogP contribution in [-0.4, -0.2) is 37.0 Å². The minimum atomic E-state index is -1.12. The standard InChI is InChI=1S/C16H17NO6S/c1-21-10-3-5-12(14(7-10)22-2)17-15(18)9-24-8-11-4-6-13(23-11)16(19)20/h3-7H,8-9H2,1-2H3,(H,17,18)(H,19,20). The fourth-order valence-corrected chi connectivity index (χ4v) is 2.62. The summed E-state index contributed by atoms with van der Waals surface area (Å²) in [6, 6.07) is 8.08. The number of anilines is 1. The Morgan fingerprint density at radius 3 is 2.62 bits per heavy atom. The fraction of sp³-hybridized carbons (Fsp3) is 0.250. The number of amides is 1. The van der Waals surface area contributed by atoms with Crippen LogP contribution < -0.4 is 14.8 Å². The number of furan rings is 1. The number of hydrogen-bond acceptors (Lipinski definition) is 6. The van der Waals surface area contributed by atoms with Crippen molar-refractivity contribution in [3.05, 3.63) is 41.9 Å². The van der Waals surface area contributed by atoms with Crippen molar-refractivity contribution < 1.29 is 28.6 Å². The number of thioether (sulfide) groups is 1. The number of carbonyl (C=O) groups excluding carboxylic acids is 1. The van der Waals surface area contributed by atoms with E-state index < -0.39 is 5.97 Å². The molecule has 8 heteroatoms. The zero-order chi connectivity index (χ0) is 17.5. The Hall–Kier alpha value is -2.61. The molecule has 24 heavy (non-hydrogen) atoms. The summed E-state index contributed by atoms with van der Waals surface area (Å²) in [5.41, 5.74) is 0.551. The average molecular weight is 351 g/mol. The van der Waals surface area contributed by atoms with Gasteiger partial charge in [0.15, 0.2) is 0 Å². The molecule has 2 N–H and O–H groups in total. The number of aromatic carboxylic acids is 1. The molecule has 0 saturated heterocycles. The van der Waals surface area contributed by atoms with Crippen LogP contribution in [0.15, 0.2) is 34.7 Å². The quantitative estimate of drug-likeness (QED) is 0.754. The van der Waals surface area contributed by atoms with Crippen molar-refractivity contribution in [1.82, 2.24) is 0 Å². The smallest absolute Gasteiger partial charge is 0.371 e. The van der Waals surface area contributed by atoms with E-state index in [-0.39, 0.29) is 17.4 Å². The van der Waals surface area contributed by atoms with Gasteiger partial charge in [-0.05, 0) is 24.3 Å². The molecule has 0 fully saturated rings. The van der Waals surface area contributed by atoms with E-state index in [1.807, 2.05) is 0 Å². The van der Waals surface area contributed by atoms with Crippen LogP contribution in [-0.2, 0) is 10.5 Å². The first kappa shape index (κ1) is 17.7. The number of carboxylic acids is 1. The summed E-state index contributed by atoms with van der Waals surface area (Å²) in [6.45, 7) is 0. The minimum Gasteiger partial charge on any atom is -0.497 e. The molecule has 2 rings (SSSR count). The van der Waals surface area contributed by atoms with Gasteiger partial charge in [-0.25, -0.2) is 4.79 Å². The maximum Gasteiger partial charge on any atom is 0.371 e. The van der Waals surface area contributed by atoms with Crippen molar-refractivity contribution in [3.63, 3.8) is 0 Å². The summed E-state index contributed by atoms with van der Waals surface area (Å²) in [7, 11) is 3.06. The molecule has 1 heterocycles. The largest absolute Gasteiger partial charge is 0.497 e. The van der Waals surface area contributed by atoms with Crippen molar-refractivity contribution in [1.29, 1.82) is 0 Å². The summed E-state index contributed by atoms with van der Waals surface area (Å²) >= 11 is 1.32. The van der Waals surface area contributed by atoms with Gasteiger partial charge in [0.25, 0.3) is 0 Å². The van der Waals surface area contributed by atoms with Gasteiger partial charge in [-0.3, -0.25) is 4.79 Å². The van der Waals surface area contributed by atoms with E-state index in [0.717, 1.165) is 0 Å². The van der Waals surface area contributed by atoms with Crippen LogP contribution in [0, 0.1) is 0 Å². The van der Waals surface area contributed by atoms with Crippen molar-refractivity contribution in [2.24, 2.45) is 0 Å². The monoisotopic (exact) mass is 351 g/mol. The lowest BCUT2D eigenvalue weighted by Gasteiger charge is -2.11. The number of benzene rings is 1. The Kier molecular flexibility index (Phi) is 6.14. The summed E-state index contributed by atoms with van der Waals surface area (Å²) in [5, 5.41) is 11.5. The molecule has 0 aliphatic heterocycles. The number of methoxy groups -OCH3 is 2. The van der Waals surface area contributed by atoms with Crippen molar-refractivity contribution in [2.75, 3.05) is 25.3 Å². The third-order valence-corrected chi connectivity index (χ3v) is 3.99. The van der Waals surface area contributed by atoms with Gasteiger partial charge in [0.1, 0.15) is 17.3 Å². The molecular weight excluding hydrogens is 334 g/mol. The molecule has 0 aliphatic rings. The molecule has 0 spiro atoms. The number of hydrogen-bond donors (Lipinski definition) is 2. The number of carboxylic acid groups (broad SMARTS) is 1. The molecule has 7 nitrogen and oxygen atoms in total. The van der Waals surface area contributed by atoms with Gasteiger partial charge in [0.05, 0.1) is 31.4 Å². The first-order chi connectivity index (χ1) is 11.5. The second-order valence-corrected chi connectivity index (χ2v) is 5.66. The summed E-state index contributed by atoms with van der Waals surface area (Å²) in [6.07, 6.45) is 0. The van der Waals surface area contributed by atoms with Gasteiger partial charge in [0, 0.05) is 6.07 Å². The molecule has 0 aliphatic carbocycles. The summed E-state index contributed by atoms with van der Waals surface area (Å²) in [5.74, 6) is 0.809. The molecule has 0 saturated carbocycles. The predicted octanol–water partition coefficient (Wildman–Crippen LogP) is 2.87. The summed E-state index contributed by atoms with van der Waals surface area (Å²) < 4.78 is 15.4. The Morgan fingerprint density at radius 1 is 1.21 bits per heavy atom. The van der Waals surface area contributed by atoms with Gasteiger partial charge in [-0.2, -0.15) is 0 Å². The van der Waals surface area contributed by atoms with E-state index in [9.17, 15) is 9.59 Å². The number of nitrogens with one attached hydrogen (secondary N) is 1. The Balaban J connectivity index is 1.85. The van der Waals surface area contributed by atoms with Gasteiger partial charge in [-0.15, -0.1) is 11.8 Å². The van der Waals surface area contributed by atoms with Crippen LogP contribution in [0.4, 0.5) is 5.69 Å². The first-order valence-corrected chi connectivity index (χ1v) is 8.10. The van der Waals surface area contributed by atoms with Crippen molar-refractivity contribution in [2.45, 2.75) is 5.75 Å². The maximum absolute atomic E-state index is 12.0. The van der Waals surface area contributed by atoms with E-state index in [4.69, 9.17) is 19.0 Å². The molecule has 1 aromatic carbocycles. The fourth-order valence-electron chi connectivity index (χ4n) is 1.90. The summed E-state index contributed by atoms with van der Waals surface area (Å²) in [4.78, 5) is 22.7. The molecule has 0 atom stereocenters. The van der Waals surface area contributed by atoms with Gasteiger partial charge < -0.3 is 24.3 Å². The molecule has 1 amide bonds. The molecule has 0 bridgehead atoms. The Morgan fingerprint density at radius 2 is 2.00 bits per heavy atom. The third-order valence-electron chi connectivity index (χ3n) is 3.03. The van der Waals surface area contributed by atoms with Crippen LogP contribution in [0.25, 0.3) is 0 Å². The lowest BCUT2D eigenvalue weighted by molar-refractivity contribution is -0.113. The molecule has 0 radical (unpaired) electrons. The van der Waals surface area contributed by atoms with Crippen LogP contribution in [0.5, 0.6) is 11.5 Å². The predicted molar refractivity (Wildman–Crippen MR) is 90.0 cm³/mol. The lowest BCUT2D eigenvalue weighted by Crippen LogP contribution is -2.14. The number of carbonyl (C=O) groups is 2. The topological polar surface area (TPSA) is 98.0 Å². The second kappa shape index (κ2) is 8.30. The highest BCUT2D eigenvalue weighted by molar-refractivity contribution is 7.99. The highest BCUT2D eigenvalue weighted by atomic mass is 32.2. The molecular formula is C16H17NO6S. The Bertz CT molecular complexity index is 727. The molecule has 2 aromatic rings. The number of ether oxygens (including phenoxy) is 2. The van der Waals surface area contributed by atoms with E-state index in [0.29, 0.717) is 28.7 Å². The average Bonchev–Trinajstić information content (AvgIpc) is 3.04. The van der Waals surface area contributed by atoms with Gasteiger partial charge in [-0.1, -0.05) is 0 Å². The molecule has 1 aromatic heterocycles.